The number of H-pyrrole nitrogens is 1. The molecule has 5 aromatic rings. The lowest BCUT2D eigenvalue weighted by atomic mass is 10.1. The predicted molar refractivity (Wildman–Crippen MR) is 248 cm³/mol. The van der Waals surface area contributed by atoms with Crippen LogP contribution in [-0.4, -0.2) is 125 Å². The van der Waals surface area contributed by atoms with Crippen molar-refractivity contribution in [1.29, 1.82) is 10.5 Å². The number of ether oxygens (including phenoxy) is 2. The second-order valence-electron chi connectivity index (χ2n) is 15.4. The van der Waals surface area contributed by atoms with Gasteiger partial charge in [-0.3, -0.25) is 38.3 Å². The van der Waals surface area contributed by atoms with Crippen LogP contribution in [0.25, 0.3) is 22.3 Å². The number of nitrogens with one attached hydrogen (secondary N) is 3. The molecule has 0 aliphatic carbocycles. The maximum atomic E-state index is 17.4. The predicted octanol–water partition coefficient (Wildman–Crippen LogP) is 4.64. The Bertz CT molecular complexity index is 2920. The second-order valence-corrected chi connectivity index (χ2v) is 22.0. The molecule has 10 atom stereocenters. The summed E-state index contributed by atoms with van der Waals surface area (Å²) in [6.07, 6.45) is -7.62. The molecular weight excluding hydrogens is 989 g/mol. The monoisotopic (exact) mass is 1030 g/mol. The summed E-state index contributed by atoms with van der Waals surface area (Å²) < 4.78 is 78.9. The van der Waals surface area contributed by atoms with Gasteiger partial charge in [-0.1, -0.05) is 38.1 Å². The number of fused-ring (bicyclic) bond motifs is 2. The lowest BCUT2D eigenvalue weighted by Gasteiger charge is -2.32. The number of aromatic nitrogens is 8. The number of anilines is 2. The number of hydrogen-bond donors (Lipinski definition) is 4. The van der Waals surface area contributed by atoms with E-state index in [0.29, 0.717) is 5.56 Å². The lowest BCUT2D eigenvalue weighted by molar-refractivity contribution is -0.118. The first-order valence-corrected chi connectivity index (χ1v) is 26.2. The van der Waals surface area contributed by atoms with Gasteiger partial charge < -0.3 is 38.0 Å². The number of nitrogens with zero attached hydrogens (tertiary/aromatic N) is 9. The van der Waals surface area contributed by atoms with Gasteiger partial charge in [-0.25, -0.2) is 28.7 Å². The molecule has 1 aromatic carbocycles. The number of halogens is 2. The summed E-state index contributed by atoms with van der Waals surface area (Å²) in [5.41, 5.74) is -2.21. The number of alkyl halides is 2. The quantitative estimate of drug-likeness (QED) is 0.0417. The van der Waals surface area contributed by atoms with Gasteiger partial charge in [0.25, 0.3) is 11.5 Å². The lowest BCUT2D eigenvalue weighted by Crippen LogP contribution is -2.35. The van der Waals surface area contributed by atoms with Crippen LogP contribution >= 0.6 is 13.2 Å². The van der Waals surface area contributed by atoms with Crippen molar-refractivity contribution in [3.63, 3.8) is 0 Å². The average molecular weight is 1030 g/mol. The summed E-state index contributed by atoms with van der Waals surface area (Å²) in [5, 5.41) is 34.3. The number of aliphatic hydroxyl groups excluding tert-OH is 1. The molecule has 23 nitrogen and oxygen atoms in total. The van der Waals surface area contributed by atoms with Gasteiger partial charge >= 0.3 is 6.72 Å². The number of aromatic amines is 1. The normalized spacial score (nSPS) is 24.1. The third-order valence-electron chi connectivity index (χ3n) is 10.4. The van der Waals surface area contributed by atoms with E-state index in [0.717, 1.165) is 17.2 Å². The molecular formula is C40H44F2N12O11P2S2. The molecule has 4 aromatic heterocycles. The molecule has 69 heavy (non-hydrogen) atoms. The van der Waals surface area contributed by atoms with E-state index in [9.17, 15) is 30.0 Å². The Morgan fingerprint density at radius 1 is 0.942 bits per heavy atom. The average Bonchev–Trinajstić information content (AvgIpc) is 4.12. The van der Waals surface area contributed by atoms with E-state index < -0.39 is 98.5 Å². The number of carbonyl (C=O) groups is 2. The molecule has 6 heterocycles. The fourth-order valence-corrected chi connectivity index (χ4v) is 12.6. The van der Waals surface area contributed by atoms with Crippen LogP contribution in [0.4, 0.5) is 20.5 Å². The second kappa shape index (κ2) is 22.6. The standard InChI is InChI=1S/C40H44F2N12O11P2S2/c1-4-14-59-66(68,60-15-8-12-43)31-25(64-39(27(31)42)54-21-48-29-34(54)50-40(52-37(29)58)51-35(56)22(2)3)18-62-67(69,61-16-9-13-44)65-30-24(17-55)63-38(26(30)41)53-20-47-28-32(45-19-46-33(28)53)49-36(57)23-10-6-5-7-11-23/h4-7,10-11,19-22,24-27,30-31,38-39,55H,1,8-9,14-18H2,2-3H3,(H,45,46,49,57)(H2,50,51,52,56,58)/t24?,25?,26-,27-,30-,31-,38?,39?,66?,67?/m1/s1. The van der Waals surface area contributed by atoms with Crippen molar-refractivity contribution < 1.29 is 55.6 Å². The summed E-state index contributed by atoms with van der Waals surface area (Å²) in [4.78, 5) is 62.1. The zero-order chi connectivity index (χ0) is 49.5. The van der Waals surface area contributed by atoms with Gasteiger partial charge in [0.15, 0.2) is 59.4 Å². The Morgan fingerprint density at radius 3 is 2.29 bits per heavy atom. The minimum atomic E-state index is -4.27. The van der Waals surface area contributed by atoms with Crippen molar-refractivity contribution in [3.8, 4) is 12.1 Å². The van der Waals surface area contributed by atoms with E-state index in [4.69, 9.17) is 55.7 Å². The van der Waals surface area contributed by atoms with E-state index in [1.165, 1.54) is 17.0 Å². The fourth-order valence-electron chi connectivity index (χ4n) is 7.17. The van der Waals surface area contributed by atoms with Crippen molar-refractivity contribution in [2.45, 2.75) is 75.5 Å². The molecule has 366 valence electrons. The molecule has 2 aliphatic heterocycles. The highest BCUT2D eigenvalue weighted by molar-refractivity contribution is 8.10. The smallest absolute Gasteiger partial charge is 0.327 e. The topological polar surface area (TPSA) is 298 Å². The fraction of sp³-hybridized carbons (Fsp3) is 0.450. The van der Waals surface area contributed by atoms with Crippen molar-refractivity contribution in [2.75, 3.05) is 43.7 Å². The van der Waals surface area contributed by atoms with E-state index in [1.807, 2.05) is 12.1 Å². The zero-order valence-electron chi connectivity index (χ0n) is 36.6. The minimum Gasteiger partial charge on any atom is -0.394 e. The van der Waals surface area contributed by atoms with Gasteiger partial charge in [0, 0.05) is 11.5 Å². The number of amides is 2. The van der Waals surface area contributed by atoms with Gasteiger partial charge in [0.1, 0.15) is 18.5 Å². The number of nitriles is 2. The maximum Gasteiger partial charge on any atom is 0.327 e. The Kier molecular flexibility index (Phi) is 16.8. The van der Waals surface area contributed by atoms with Gasteiger partial charge in [-0.05, 0) is 35.7 Å². The molecule has 0 radical (unpaired) electrons. The molecule has 6 unspecified atom stereocenters. The SMILES string of the molecule is C=CCOP(=S)(OCCC#N)[C@@H]1C(COP(=S)(OCCC#N)O[C@@H]2C(CO)OC(n3cnc4c(NC(=O)c5ccccc5)ncnc43)[C@@H]2F)OC(n2cnc3c(=O)[nH]c(NC(=O)C(C)C)nc32)[C@@H]1F. The summed E-state index contributed by atoms with van der Waals surface area (Å²) >= 11 is 11.7. The highest BCUT2D eigenvalue weighted by atomic mass is 32.5. The minimum absolute atomic E-state index is 0.0226. The molecule has 29 heteroatoms. The summed E-state index contributed by atoms with van der Waals surface area (Å²) in [6.45, 7) is -3.58. The van der Waals surface area contributed by atoms with E-state index in [-0.39, 0.29) is 66.8 Å². The van der Waals surface area contributed by atoms with Crippen LogP contribution in [0.5, 0.6) is 0 Å². The van der Waals surface area contributed by atoms with Crippen LogP contribution in [0.3, 0.4) is 0 Å². The van der Waals surface area contributed by atoms with Crippen LogP contribution in [-0.2, 0) is 60.5 Å². The molecule has 2 fully saturated rings. The van der Waals surface area contributed by atoms with Crippen LogP contribution < -0.4 is 16.2 Å². The molecule has 0 spiro atoms. The third kappa shape index (κ3) is 11.3. The number of aliphatic hydroxyl groups is 1. The summed E-state index contributed by atoms with van der Waals surface area (Å²) in [7, 11) is 0. The van der Waals surface area contributed by atoms with Crippen LogP contribution in [0, 0.1) is 28.6 Å². The molecule has 2 amide bonds. The first-order valence-electron chi connectivity index (χ1n) is 21.0. The van der Waals surface area contributed by atoms with E-state index in [1.54, 1.807) is 44.2 Å². The molecule has 2 aliphatic rings. The Labute approximate surface area is 401 Å². The largest absolute Gasteiger partial charge is 0.394 e. The van der Waals surface area contributed by atoms with Crippen molar-refractivity contribution in [1.82, 2.24) is 39.0 Å². The zero-order valence-corrected chi connectivity index (χ0v) is 40.0. The highest BCUT2D eigenvalue weighted by Crippen LogP contribution is 2.62. The summed E-state index contributed by atoms with van der Waals surface area (Å²) in [6, 6.07) is 12.2. The Hall–Kier alpha value is -5.38. The number of benzene rings is 1. The molecule has 4 N–H and O–H groups in total. The van der Waals surface area contributed by atoms with Crippen LogP contribution in [0.2, 0.25) is 0 Å². The number of imidazole rings is 2. The number of rotatable bonds is 22. The van der Waals surface area contributed by atoms with Gasteiger partial charge in [-0.15, -0.1) is 6.58 Å². The Morgan fingerprint density at radius 2 is 1.61 bits per heavy atom. The highest BCUT2D eigenvalue weighted by Gasteiger charge is 2.56. The number of hydrogen-bond acceptors (Lipinski definition) is 20. The molecule has 0 saturated carbocycles. The van der Waals surface area contributed by atoms with E-state index >= 15 is 8.78 Å². The molecule has 7 rings (SSSR count). The van der Waals surface area contributed by atoms with Gasteiger partial charge in [0.2, 0.25) is 11.9 Å². The van der Waals surface area contributed by atoms with Crippen LogP contribution in [0.15, 0.2) is 66.8 Å². The van der Waals surface area contributed by atoms with E-state index in [2.05, 4.69) is 47.1 Å². The van der Waals surface area contributed by atoms with Crippen LogP contribution in [0.1, 0.15) is 49.5 Å². The van der Waals surface area contributed by atoms with Crippen molar-refractivity contribution >= 4 is 82.7 Å². The maximum absolute atomic E-state index is 17.4. The van der Waals surface area contributed by atoms with Crippen molar-refractivity contribution in [3.05, 3.63) is 77.9 Å². The Balaban J connectivity index is 1.18. The molecule has 0 bridgehead atoms. The first kappa shape index (κ1) is 51.5. The molecule has 2 saturated heterocycles. The number of carbonyl (C=O) groups excluding carboxylic acids is 2. The third-order valence-corrected chi connectivity index (χ3v) is 16.6. The first-order chi connectivity index (χ1) is 33.1. The van der Waals surface area contributed by atoms with Gasteiger partial charge in [-0.2, -0.15) is 15.5 Å². The van der Waals surface area contributed by atoms with Gasteiger partial charge in [0.05, 0.1) is 82.4 Å². The van der Waals surface area contributed by atoms with Crippen molar-refractivity contribution in [2.24, 2.45) is 5.92 Å². The summed E-state index contributed by atoms with van der Waals surface area (Å²) in [5.74, 6) is -1.68.